The van der Waals surface area contributed by atoms with Crippen LogP contribution in [-0.2, 0) is 9.59 Å². The molecule has 0 aromatic carbocycles. The molecule has 0 heterocycles. The summed E-state index contributed by atoms with van der Waals surface area (Å²) in [6.07, 6.45) is 4.30. The van der Waals surface area contributed by atoms with Gasteiger partial charge >= 0.3 is 5.97 Å². The Kier molecular flexibility index (Phi) is 7.21. The number of carbonyl (C=O) groups is 2. The van der Waals surface area contributed by atoms with Crippen molar-refractivity contribution in [2.45, 2.75) is 32.2 Å². The molecule has 5 heteroatoms. The molecule has 0 bridgehead atoms. The maximum absolute atomic E-state index is 11.5. The average molecular weight is 233 g/mol. The monoisotopic (exact) mass is 233 g/mol. The molecular weight excluding hydrogens is 214 g/mol. The molecule has 0 radical (unpaired) electrons. The molecule has 0 saturated carbocycles. The molecule has 1 N–H and O–H groups in total. The van der Waals surface area contributed by atoms with Crippen LogP contribution in [0.1, 0.15) is 26.2 Å². The highest BCUT2D eigenvalue weighted by molar-refractivity contribution is 7.98. The standard InChI is InChI=1S/C10H19NO3S/c1-8(10(13)14)11(2)9(12)6-4-5-7-15-3/h8H,4-7H2,1-3H3,(H,13,14). The van der Waals surface area contributed by atoms with Gasteiger partial charge in [0.15, 0.2) is 0 Å². The third-order valence-corrected chi connectivity index (χ3v) is 3.02. The second-order valence-corrected chi connectivity index (χ2v) is 4.45. The zero-order valence-corrected chi connectivity index (χ0v) is 10.3. The maximum Gasteiger partial charge on any atom is 0.326 e. The molecular formula is C10H19NO3S. The fourth-order valence-corrected chi connectivity index (χ4v) is 1.57. The second kappa shape index (κ2) is 7.56. The van der Waals surface area contributed by atoms with E-state index in [0.717, 1.165) is 18.6 Å². The van der Waals surface area contributed by atoms with Gasteiger partial charge < -0.3 is 10.0 Å². The summed E-state index contributed by atoms with van der Waals surface area (Å²) in [5.41, 5.74) is 0. The number of aliphatic carboxylic acids is 1. The Labute approximate surface area is 95.0 Å². The summed E-state index contributed by atoms with van der Waals surface area (Å²) < 4.78 is 0. The molecule has 0 spiro atoms. The lowest BCUT2D eigenvalue weighted by molar-refractivity contribution is -0.148. The van der Waals surface area contributed by atoms with Crippen molar-refractivity contribution in [2.75, 3.05) is 19.1 Å². The van der Waals surface area contributed by atoms with Gasteiger partial charge in [-0.3, -0.25) is 4.79 Å². The summed E-state index contributed by atoms with van der Waals surface area (Å²) in [7, 11) is 1.54. The summed E-state index contributed by atoms with van der Waals surface area (Å²) in [6.45, 7) is 1.52. The number of carbonyl (C=O) groups excluding carboxylic acids is 1. The van der Waals surface area contributed by atoms with Crippen molar-refractivity contribution in [3.63, 3.8) is 0 Å². The molecule has 0 aliphatic carbocycles. The van der Waals surface area contributed by atoms with Gasteiger partial charge in [-0.2, -0.15) is 11.8 Å². The molecule has 0 aliphatic heterocycles. The highest BCUT2D eigenvalue weighted by atomic mass is 32.2. The fourth-order valence-electron chi connectivity index (χ4n) is 1.08. The molecule has 15 heavy (non-hydrogen) atoms. The number of nitrogens with zero attached hydrogens (tertiary/aromatic N) is 1. The molecule has 0 rings (SSSR count). The predicted molar refractivity (Wildman–Crippen MR) is 62.1 cm³/mol. The van der Waals surface area contributed by atoms with Crippen molar-refractivity contribution in [1.82, 2.24) is 4.90 Å². The van der Waals surface area contributed by atoms with Crippen LogP contribution in [0.2, 0.25) is 0 Å². The Morgan fingerprint density at radius 1 is 1.40 bits per heavy atom. The number of thioether (sulfide) groups is 1. The van der Waals surface area contributed by atoms with E-state index < -0.39 is 12.0 Å². The van der Waals surface area contributed by atoms with Crippen LogP contribution in [0, 0.1) is 0 Å². The van der Waals surface area contributed by atoms with Crippen molar-refractivity contribution in [3.05, 3.63) is 0 Å². The van der Waals surface area contributed by atoms with Crippen LogP contribution < -0.4 is 0 Å². The van der Waals surface area contributed by atoms with Crippen LogP contribution >= 0.6 is 11.8 Å². The Bertz CT molecular complexity index is 221. The lowest BCUT2D eigenvalue weighted by Crippen LogP contribution is -2.40. The zero-order valence-electron chi connectivity index (χ0n) is 9.52. The fraction of sp³-hybridized carbons (Fsp3) is 0.800. The van der Waals surface area contributed by atoms with Gasteiger partial charge in [0.1, 0.15) is 6.04 Å². The zero-order chi connectivity index (χ0) is 11.8. The molecule has 1 atom stereocenters. The van der Waals surface area contributed by atoms with Crippen LogP contribution in [0.4, 0.5) is 0 Å². The van der Waals surface area contributed by atoms with Gasteiger partial charge in [-0.15, -0.1) is 0 Å². The molecule has 0 aromatic rings. The summed E-state index contributed by atoms with van der Waals surface area (Å²) >= 11 is 1.75. The Morgan fingerprint density at radius 3 is 2.47 bits per heavy atom. The minimum absolute atomic E-state index is 0.0917. The van der Waals surface area contributed by atoms with Crippen LogP contribution in [-0.4, -0.2) is 47.0 Å². The minimum Gasteiger partial charge on any atom is -0.480 e. The van der Waals surface area contributed by atoms with Crippen LogP contribution in [0.3, 0.4) is 0 Å². The average Bonchev–Trinajstić information content (AvgIpc) is 2.21. The van der Waals surface area contributed by atoms with Gasteiger partial charge in [-0.1, -0.05) is 0 Å². The molecule has 0 aliphatic rings. The van der Waals surface area contributed by atoms with Gasteiger partial charge in [-0.25, -0.2) is 4.79 Å². The van der Waals surface area contributed by atoms with Crippen molar-refractivity contribution in [2.24, 2.45) is 0 Å². The van der Waals surface area contributed by atoms with Gasteiger partial charge in [-0.05, 0) is 31.8 Å². The number of hydrogen-bond acceptors (Lipinski definition) is 3. The predicted octanol–water partition coefficient (Wildman–Crippen LogP) is 1.45. The van der Waals surface area contributed by atoms with Crippen molar-refractivity contribution in [1.29, 1.82) is 0 Å². The molecule has 1 amide bonds. The molecule has 0 saturated heterocycles. The first-order valence-electron chi connectivity index (χ1n) is 4.98. The number of carboxylic acid groups (broad SMARTS) is 1. The van der Waals surface area contributed by atoms with E-state index in [2.05, 4.69) is 0 Å². The lowest BCUT2D eigenvalue weighted by Gasteiger charge is -2.21. The van der Waals surface area contributed by atoms with Gasteiger partial charge in [0.25, 0.3) is 0 Å². The first-order valence-corrected chi connectivity index (χ1v) is 6.37. The van der Waals surface area contributed by atoms with E-state index in [1.54, 1.807) is 11.8 Å². The molecule has 0 aromatic heterocycles. The normalized spacial score (nSPS) is 12.2. The second-order valence-electron chi connectivity index (χ2n) is 3.47. The number of hydrogen-bond donors (Lipinski definition) is 1. The number of carboxylic acids is 1. The minimum atomic E-state index is -0.963. The first kappa shape index (κ1) is 14.3. The highest BCUT2D eigenvalue weighted by Crippen LogP contribution is 2.06. The number of likely N-dealkylation sites (N-methyl/N-ethyl adjacent to an activating group) is 1. The van der Waals surface area contributed by atoms with E-state index in [1.807, 2.05) is 6.26 Å². The molecule has 88 valence electrons. The van der Waals surface area contributed by atoms with E-state index in [0.29, 0.717) is 6.42 Å². The van der Waals surface area contributed by atoms with Gasteiger partial charge in [0.2, 0.25) is 5.91 Å². The molecule has 1 unspecified atom stereocenters. The molecule has 0 fully saturated rings. The smallest absolute Gasteiger partial charge is 0.326 e. The highest BCUT2D eigenvalue weighted by Gasteiger charge is 2.20. The summed E-state index contributed by atoms with van der Waals surface area (Å²) in [5, 5.41) is 8.71. The topological polar surface area (TPSA) is 57.6 Å². The number of unbranched alkanes of at least 4 members (excludes halogenated alkanes) is 1. The van der Waals surface area contributed by atoms with Crippen molar-refractivity contribution in [3.8, 4) is 0 Å². The van der Waals surface area contributed by atoms with E-state index in [9.17, 15) is 9.59 Å². The Morgan fingerprint density at radius 2 is 2.00 bits per heavy atom. The summed E-state index contributed by atoms with van der Waals surface area (Å²) in [4.78, 5) is 23.4. The van der Waals surface area contributed by atoms with Crippen molar-refractivity contribution >= 4 is 23.6 Å². The van der Waals surface area contributed by atoms with Crippen LogP contribution in [0.5, 0.6) is 0 Å². The van der Waals surface area contributed by atoms with Gasteiger partial charge in [0.05, 0.1) is 0 Å². The lowest BCUT2D eigenvalue weighted by atomic mass is 10.2. The van der Waals surface area contributed by atoms with Crippen LogP contribution in [0.25, 0.3) is 0 Å². The van der Waals surface area contributed by atoms with E-state index in [1.165, 1.54) is 18.9 Å². The molecule has 4 nitrogen and oxygen atoms in total. The third-order valence-electron chi connectivity index (χ3n) is 2.32. The summed E-state index contributed by atoms with van der Waals surface area (Å²) in [6, 6.07) is -0.738. The first-order chi connectivity index (χ1) is 7.00. The van der Waals surface area contributed by atoms with Crippen LogP contribution in [0.15, 0.2) is 0 Å². The SMILES string of the molecule is CSCCCCC(=O)N(C)C(C)C(=O)O. The quantitative estimate of drug-likeness (QED) is 0.676. The van der Waals surface area contributed by atoms with Gasteiger partial charge in [0, 0.05) is 13.5 Å². The van der Waals surface area contributed by atoms with E-state index in [-0.39, 0.29) is 5.91 Å². The van der Waals surface area contributed by atoms with Crippen molar-refractivity contribution < 1.29 is 14.7 Å². The number of amides is 1. The van der Waals surface area contributed by atoms with E-state index >= 15 is 0 Å². The Hall–Kier alpha value is -0.710. The maximum atomic E-state index is 11.5. The largest absolute Gasteiger partial charge is 0.480 e. The number of rotatable bonds is 7. The Balaban J connectivity index is 3.84. The summed E-state index contributed by atoms with van der Waals surface area (Å²) in [5.74, 6) is -0.00756. The van der Waals surface area contributed by atoms with E-state index in [4.69, 9.17) is 5.11 Å². The third kappa shape index (κ3) is 5.67.